The predicted octanol–water partition coefficient (Wildman–Crippen LogP) is 1.84. The number of carbonyl (C=O) groups excluding carboxylic acids is 1. The quantitative estimate of drug-likeness (QED) is 0.850. The fraction of sp³-hybridized carbons (Fsp3) is 0.611. The number of hydrogen-bond acceptors (Lipinski definition) is 5. The molecule has 134 valence electrons. The van der Waals surface area contributed by atoms with E-state index in [1.54, 1.807) is 31.1 Å². The van der Waals surface area contributed by atoms with Crippen LogP contribution in [-0.4, -0.2) is 63.9 Å². The van der Waals surface area contributed by atoms with E-state index in [0.717, 1.165) is 31.2 Å². The molecule has 0 spiro atoms. The van der Waals surface area contributed by atoms with Crippen LogP contribution in [0.1, 0.15) is 41.6 Å². The van der Waals surface area contributed by atoms with E-state index in [-0.39, 0.29) is 23.7 Å². The molecule has 0 radical (unpaired) electrons. The number of carbonyl (C=O) groups is 1. The van der Waals surface area contributed by atoms with E-state index >= 15 is 0 Å². The summed E-state index contributed by atoms with van der Waals surface area (Å²) in [4.78, 5) is 19.6. The van der Waals surface area contributed by atoms with Gasteiger partial charge in [0.1, 0.15) is 5.56 Å². The molecule has 1 amide bonds. The van der Waals surface area contributed by atoms with Gasteiger partial charge in [-0.2, -0.15) is 5.10 Å². The van der Waals surface area contributed by atoms with Gasteiger partial charge in [0.25, 0.3) is 5.91 Å². The molecule has 1 saturated carbocycles. The van der Waals surface area contributed by atoms with Gasteiger partial charge in [0.05, 0.1) is 23.9 Å². The second-order valence-corrected chi connectivity index (χ2v) is 7.12. The van der Waals surface area contributed by atoms with Gasteiger partial charge in [-0.25, -0.2) is 9.50 Å². The van der Waals surface area contributed by atoms with Gasteiger partial charge < -0.3 is 14.4 Å². The average Bonchev–Trinajstić information content (AvgIpc) is 3.22. The molecule has 2 aliphatic rings. The van der Waals surface area contributed by atoms with Gasteiger partial charge in [0, 0.05) is 33.2 Å². The normalized spacial score (nSPS) is 29.2. The highest BCUT2D eigenvalue weighted by atomic mass is 16.5. The molecular weight excluding hydrogens is 320 g/mol. The standard InChI is InChI=1S/C18H24N4O3/c1-12-9-19-16-14(10-20-22(16)11-12)17(23)21-7-6-18(25-3)5-4-13(24-2)8-15(18)21/h9-11,13,15H,4-8H2,1-3H3/t13-,15-,18+/m0/s1. The molecule has 2 aromatic rings. The Morgan fingerprint density at radius 2 is 2.16 bits per heavy atom. The Labute approximate surface area is 146 Å². The van der Waals surface area contributed by atoms with E-state index in [1.807, 2.05) is 18.0 Å². The van der Waals surface area contributed by atoms with Crippen LogP contribution in [0.2, 0.25) is 0 Å². The molecule has 4 rings (SSSR count). The van der Waals surface area contributed by atoms with Crippen molar-refractivity contribution in [2.24, 2.45) is 0 Å². The van der Waals surface area contributed by atoms with Gasteiger partial charge in [0.15, 0.2) is 5.65 Å². The number of amides is 1. The molecule has 2 aromatic heterocycles. The van der Waals surface area contributed by atoms with Crippen LogP contribution < -0.4 is 0 Å². The summed E-state index contributed by atoms with van der Waals surface area (Å²) in [6.07, 6.45) is 9.00. The third-order valence-electron chi connectivity index (χ3n) is 5.85. The average molecular weight is 344 g/mol. The van der Waals surface area contributed by atoms with Gasteiger partial charge in [0.2, 0.25) is 0 Å². The SMILES string of the molecule is CO[C@H]1CC[C@@]2(OC)CCN(C(=O)c3cnn4cc(C)cnc34)[C@H]2C1. The van der Waals surface area contributed by atoms with Crippen molar-refractivity contribution in [3.63, 3.8) is 0 Å². The van der Waals surface area contributed by atoms with E-state index in [0.29, 0.717) is 17.8 Å². The second kappa shape index (κ2) is 6.07. The molecule has 1 saturated heterocycles. The van der Waals surface area contributed by atoms with Crippen molar-refractivity contribution in [1.82, 2.24) is 19.5 Å². The molecule has 0 bridgehead atoms. The molecule has 7 heteroatoms. The van der Waals surface area contributed by atoms with E-state index < -0.39 is 0 Å². The first-order valence-electron chi connectivity index (χ1n) is 8.77. The summed E-state index contributed by atoms with van der Waals surface area (Å²) in [7, 11) is 3.50. The number of nitrogens with zero attached hydrogens (tertiary/aromatic N) is 4. The number of fused-ring (bicyclic) bond motifs is 2. The lowest BCUT2D eigenvalue weighted by Gasteiger charge is -2.43. The minimum Gasteiger partial charge on any atom is -0.381 e. The third kappa shape index (κ3) is 2.53. The highest BCUT2D eigenvalue weighted by molar-refractivity contribution is 6.00. The van der Waals surface area contributed by atoms with Crippen LogP contribution in [-0.2, 0) is 9.47 Å². The van der Waals surface area contributed by atoms with Crippen LogP contribution >= 0.6 is 0 Å². The van der Waals surface area contributed by atoms with Gasteiger partial charge in [-0.05, 0) is 38.2 Å². The Bertz CT molecular complexity index is 805. The zero-order chi connectivity index (χ0) is 17.6. The first-order chi connectivity index (χ1) is 12.1. The minimum absolute atomic E-state index is 0.0213. The summed E-state index contributed by atoms with van der Waals surface area (Å²) in [6.45, 7) is 2.65. The number of ether oxygens (including phenoxy) is 2. The van der Waals surface area contributed by atoms with Crippen molar-refractivity contribution >= 4 is 11.6 Å². The topological polar surface area (TPSA) is 69.0 Å². The summed E-state index contributed by atoms with van der Waals surface area (Å²) < 4.78 is 13.1. The van der Waals surface area contributed by atoms with Crippen molar-refractivity contribution in [2.45, 2.75) is 50.4 Å². The molecule has 1 aliphatic carbocycles. The summed E-state index contributed by atoms with van der Waals surface area (Å²) in [5.74, 6) is -0.0213. The Morgan fingerprint density at radius 3 is 2.92 bits per heavy atom. The summed E-state index contributed by atoms with van der Waals surface area (Å²) in [5, 5.41) is 4.30. The van der Waals surface area contributed by atoms with Crippen LogP contribution in [0.25, 0.3) is 5.65 Å². The van der Waals surface area contributed by atoms with Crippen LogP contribution in [0.15, 0.2) is 18.6 Å². The number of hydrogen-bond donors (Lipinski definition) is 0. The molecule has 7 nitrogen and oxygen atoms in total. The van der Waals surface area contributed by atoms with Gasteiger partial charge in [-0.1, -0.05) is 0 Å². The Hall–Kier alpha value is -1.99. The van der Waals surface area contributed by atoms with E-state index in [2.05, 4.69) is 10.1 Å². The van der Waals surface area contributed by atoms with Crippen LogP contribution in [0.5, 0.6) is 0 Å². The van der Waals surface area contributed by atoms with Crippen molar-refractivity contribution in [3.05, 3.63) is 29.7 Å². The van der Waals surface area contributed by atoms with E-state index in [9.17, 15) is 4.79 Å². The number of methoxy groups -OCH3 is 2. The smallest absolute Gasteiger partial charge is 0.259 e. The monoisotopic (exact) mass is 344 g/mol. The molecule has 0 aromatic carbocycles. The Morgan fingerprint density at radius 1 is 1.32 bits per heavy atom. The number of aromatic nitrogens is 3. The minimum atomic E-state index is -0.252. The molecule has 3 heterocycles. The summed E-state index contributed by atoms with van der Waals surface area (Å²) in [5.41, 5.74) is 1.90. The van der Waals surface area contributed by atoms with Gasteiger partial charge >= 0.3 is 0 Å². The fourth-order valence-electron chi connectivity index (χ4n) is 4.39. The molecular formula is C18H24N4O3. The predicted molar refractivity (Wildman–Crippen MR) is 91.6 cm³/mol. The van der Waals surface area contributed by atoms with Gasteiger partial charge in [-0.3, -0.25) is 4.79 Å². The van der Waals surface area contributed by atoms with Crippen molar-refractivity contribution in [1.29, 1.82) is 0 Å². The maximum absolute atomic E-state index is 13.3. The summed E-state index contributed by atoms with van der Waals surface area (Å²) >= 11 is 0. The number of aryl methyl sites for hydroxylation is 1. The Kier molecular flexibility index (Phi) is 4.00. The highest BCUT2D eigenvalue weighted by Crippen LogP contribution is 2.43. The van der Waals surface area contributed by atoms with Crippen molar-refractivity contribution in [2.75, 3.05) is 20.8 Å². The lowest BCUT2D eigenvalue weighted by molar-refractivity contribution is -0.0893. The van der Waals surface area contributed by atoms with Crippen LogP contribution in [0, 0.1) is 6.92 Å². The summed E-state index contributed by atoms with van der Waals surface area (Å²) in [6, 6.07) is 0.0316. The lowest BCUT2D eigenvalue weighted by Crippen LogP contribution is -2.53. The second-order valence-electron chi connectivity index (χ2n) is 7.12. The van der Waals surface area contributed by atoms with Gasteiger partial charge in [-0.15, -0.1) is 0 Å². The largest absolute Gasteiger partial charge is 0.381 e. The maximum atomic E-state index is 13.3. The Balaban J connectivity index is 1.67. The molecule has 25 heavy (non-hydrogen) atoms. The highest BCUT2D eigenvalue weighted by Gasteiger charge is 2.52. The van der Waals surface area contributed by atoms with E-state index in [4.69, 9.17) is 9.47 Å². The van der Waals surface area contributed by atoms with Crippen molar-refractivity contribution in [3.8, 4) is 0 Å². The lowest BCUT2D eigenvalue weighted by atomic mass is 9.79. The molecule has 0 N–H and O–H groups in total. The maximum Gasteiger partial charge on any atom is 0.259 e. The van der Waals surface area contributed by atoms with Crippen LogP contribution in [0.4, 0.5) is 0 Å². The van der Waals surface area contributed by atoms with Crippen molar-refractivity contribution < 1.29 is 14.3 Å². The number of likely N-dealkylation sites (tertiary alicyclic amines) is 1. The molecule has 3 atom stereocenters. The molecule has 1 aliphatic heterocycles. The van der Waals surface area contributed by atoms with E-state index in [1.165, 1.54) is 0 Å². The zero-order valence-electron chi connectivity index (χ0n) is 14.9. The first-order valence-corrected chi connectivity index (χ1v) is 8.77. The zero-order valence-corrected chi connectivity index (χ0v) is 14.9. The molecule has 2 fully saturated rings. The third-order valence-corrected chi connectivity index (χ3v) is 5.85. The molecule has 0 unspecified atom stereocenters. The number of rotatable bonds is 3. The van der Waals surface area contributed by atoms with Crippen LogP contribution in [0.3, 0.4) is 0 Å². The fourth-order valence-corrected chi connectivity index (χ4v) is 4.39. The first kappa shape index (κ1) is 16.5.